The molecule has 1 atom stereocenters. The molecule has 0 aliphatic carbocycles. The molecule has 1 nitrogen and oxygen atoms in total. The lowest BCUT2D eigenvalue weighted by Crippen LogP contribution is -1.99. The number of aliphatic hydroxyl groups excluding tert-OH is 1. The molecule has 1 aromatic rings. The maximum Gasteiger partial charge on any atom is 0.126 e. The Morgan fingerprint density at radius 1 is 1.53 bits per heavy atom. The monoisotopic (exact) mass is 208 g/mol. The van der Waals surface area contributed by atoms with Crippen LogP contribution in [-0.4, -0.2) is 5.11 Å². The predicted octanol–water partition coefficient (Wildman–Crippen LogP) is 3.52. The van der Waals surface area contributed by atoms with E-state index in [1.807, 2.05) is 6.92 Å². The van der Waals surface area contributed by atoms with Crippen LogP contribution in [0.15, 0.2) is 30.4 Å². The highest BCUT2D eigenvalue weighted by molar-refractivity contribution is 5.25. The SMILES string of the molecule is C=C(CC)CC(O)c1ccc(C)c(F)c1. The van der Waals surface area contributed by atoms with E-state index in [4.69, 9.17) is 0 Å². The molecule has 1 unspecified atom stereocenters. The van der Waals surface area contributed by atoms with E-state index in [1.165, 1.54) is 6.07 Å². The quantitative estimate of drug-likeness (QED) is 0.750. The summed E-state index contributed by atoms with van der Waals surface area (Å²) in [4.78, 5) is 0. The van der Waals surface area contributed by atoms with Gasteiger partial charge in [-0.1, -0.05) is 31.2 Å². The van der Waals surface area contributed by atoms with Gasteiger partial charge in [0.1, 0.15) is 5.82 Å². The van der Waals surface area contributed by atoms with E-state index in [0.29, 0.717) is 17.5 Å². The lowest BCUT2D eigenvalue weighted by atomic mass is 10.00. The molecule has 0 saturated carbocycles. The zero-order valence-corrected chi connectivity index (χ0v) is 9.26. The van der Waals surface area contributed by atoms with E-state index in [9.17, 15) is 9.50 Å². The second kappa shape index (κ2) is 5.08. The molecule has 15 heavy (non-hydrogen) atoms. The maximum absolute atomic E-state index is 13.2. The number of benzene rings is 1. The normalized spacial score (nSPS) is 12.5. The van der Waals surface area contributed by atoms with Crippen LogP contribution in [0.3, 0.4) is 0 Å². The van der Waals surface area contributed by atoms with Gasteiger partial charge in [-0.25, -0.2) is 4.39 Å². The van der Waals surface area contributed by atoms with Gasteiger partial charge in [-0.05, 0) is 37.0 Å². The Bertz CT molecular complexity index is 358. The number of halogens is 1. The molecule has 0 aliphatic rings. The summed E-state index contributed by atoms with van der Waals surface area (Å²) in [5, 5.41) is 9.81. The third kappa shape index (κ3) is 3.17. The second-order valence-electron chi connectivity index (χ2n) is 3.83. The topological polar surface area (TPSA) is 20.2 Å². The molecule has 0 radical (unpaired) electrons. The summed E-state index contributed by atoms with van der Waals surface area (Å²) in [5.41, 5.74) is 2.19. The Kier molecular flexibility index (Phi) is 4.04. The van der Waals surface area contributed by atoms with E-state index in [0.717, 1.165) is 12.0 Å². The third-order valence-corrected chi connectivity index (χ3v) is 2.56. The zero-order valence-electron chi connectivity index (χ0n) is 9.26. The Morgan fingerprint density at radius 2 is 2.20 bits per heavy atom. The van der Waals surface area contributed by atoms with E-state index in [2.05, 4.69) is 6.58 Å². The van der Waals surface area contributed by atoms with Crippen molar-refractivity contribution in [3.63, 3.8) is 0 Å². The molecule has 0 fully saturated rings. The number of hydrogen-bond donors (Lipinski definition) is 1. The van der Waals surface area contributed by atoms with Gasteiger partial charge < -0.3 is 5.11 Å². The van der Waals surface area contributed by atoms with Crippen molar-refractivity contribution in [3.05, 3.63) is 47.3 Å². The van der Waals surface area contributed by atoms with Gasteiger partial charge in [-0.15, -0.1) is 0 Å². The Hall–Kier alpha value is -1.15. The molecule has 0 spiro atoms. The summed E-state index contributed by atoms with van der Waals surface area (Å²) in [7, 11) is 0. The van der Waals surface area contributed by atoms with E-state index < -0.39 is 6.10 Å². The van der Waals surface area contributed by atoms with E-state index in [-0.39, 0.29) is 5.82 Å². The molecule has 0 saturated heterocycles. The van der Waals surface area contributed by atoms with Gasteiger partial charge in [0, 0.05) is 0 Å². The molecule has 0 bridgehead atoms. The number of rotatable bonds is 4. The van der Waals surface area contributed by atoms with Crippen molar-refractivity contribution in [1.82, 2.24) is 0 Å². The molecule has 1 rings (SSSR count). The smallest absolute Gasteiger partial charge is 0.126 e. The van der Waals surface area contributed by atoms with Gasteiger partial charge >= 0.3 is 0 Å². The summed E-state index contributed by atoms with van der Waals surface area (Å²) in [6.07, 6.45) is 0.692. The fraction of sp³-hybridized carbons (Fsp3) is 0.385. The Balaban J connectivity index is 2.78. The molecular formula is C13H17FO. The zero-order chi connectivity index (χ0) is 11.4. The fourth-order valence-corrected chi connectivity index (χ4v) is 1.35. The average molecular weight is 208 g/mol. The summed E-state index contributed by atoms with van der Waals surface area (Å²) in [6.45, 7) is 7.52. The molecule has 82 valence electrons. The first-order chi connectivity index (χ1) is 7.04. The molecule has 0 amide bonds. The van der Waals surface area contributed by atoms with Gasteiger partial charge in [-0.2, -0.15) is 0 Å². The van der Waals surface area contributed by atoms with Gasteiger partial charge in [-0.3, -0.25) is 0 Å². The third-order valence-electron chi connectivity index (χ3n) is 2.56. The fourth-order valence-electron chi connectivity index (χ4n) is 1.35. The standard InChI is InChI=1S/C13H17FO/c1-4-9(2)7-13(15)11-6-5-10(3)12(14)8-11/h5-6,8,13,15H,2,4,7H2,1,3H3. The predicted molar refractivity (Wildman–Crippen MR) is 60.1 cm³/mol. The second-order valence-corrected chi connectivity index (χ2v) is 3.83. The van der Waals surface area contributed by atoms with Crippen molar-refractivity contribution in [3.8, 4) is 0 Å². The van der Waals surface area contributed by atoms with Crippen LogP contribution < -0.4 is 0 Å². The Labute approximate surface area is 90.3 Å². The highest BCUT2D eigenvalue weighted by Gasteiger charge is 2.10. The molecular weight excluding hydrogens is 191 g/mol. The van der Waals surface area contributed by atoms with Crippen molar-refractivity contribution >= 4 is 0 Å². The molecule has 0 heterocycles. The van der Waals surface area contributed by atoms with Crippen LogP contribution in [0.4, 0.5) is 4.39 Å². The van der Waals surface area contributed by atoms with Gasteiger partial charge in [0.25, 0.3) is 0 Å². The van der Waals surface area contributed by atoms with Crippen LogP contribution in [0.2, 0.25) is 0 Å². The van der Waals surface area contributed by atoms with E-state index >= 15 is 0 Å². The van der Waals surface area contributed by atoms with Gasteiger partial charge in [0.05, 0.1) is 6.10 Å². The van der Waals surface area contributed by atoms with Crippen LogP contribution in [0.5, 0.6) is 0 Å². The van der Waals surface area contributed by atoms with Crippen LogP contribution >= 0.6 is 0 Å². The Morgan fingerprint density at radius 3 is 2.73 bits per heavy atom. The van der Waals surface area contributed by atoms with Crippen molar-refractivity contribution in [2.75, 3.05) is 0 Å². The van der Waals surface area contributed by atoms with Gasteiger partial charge in [0.2, 0.25) is 0 Å². The first-order valence-corrected chi connectivity index (χ1v) is 5.15. The van der Waals surface area contributed by atoms with Crippen molar-refractivity contribution in [2.45, 2.75) is 32.8 Å². The number of aliphatic hydroxyl groups is 1. The highest BCUT2D eigenvalue weighted by atomic mass is 19.1. The highest BCUT2D eigenvalue weighted by Crippen LogP contribution is 2.23. The van der Waals surface area contributed by atoms with Crippen LogP contribution in [-0.2, 0) is 0 Å². The maximum atomic E-state index is 13.2. The van der Waals surface area contributed by atoms with Gasteiger partial charge in [0.15, 0.2) is 0 Å². The first-order valence-electron chi connectivity index (χ1n) is 5.15. The minimum absolute atomic E-state index is 0.270. The summed E-state index contributed by atoms with van der Waals surface area (Å²) >= 11 is 0. The van der Waals surface area contributed by atoms with Crippen LogP contribution in [0.1, 0.15) is 37.0 Å². The minimum atomic E-state index is -0.646. The van der Waals surface area contributed by atoms with Crippen molar-refractivity contribution < 1.29 is 9.50 Å². The number of hydrogen-bond acceptors (Lipinski definition) is 1. The van der Waals surface area contributed by atoms with Crippen LogP contribution in [0.25, 0.3) is 0 Å². The van der Waals surface area contributed by atoms with E-state index in [1.54, 1.807) is 19.1 Å². The molecule has 2 heteroatoms. The molecule has 0 aromatic heterocycles. The molecule has 0 aliphatic heterocycles. The largest absolute Gasteiger partial charge is 0.388 e. The number of aryl methyl sites for hydroxylation is 1. The summed E-state index contributed by atoms with van der Waals surface area (Å²) in [5.74, 6) is -0.270. The molecule has 1 N–H and O–H groups in total. The lowest BCUT2D eigenvalue weighted by molar-refractivity contribution is 0.177. The average Bonchev–Trinajstić information content (AvgIpc) is 2.21. The molecule has 1 aromatic carbocycles. The summed E-state index contributed by atoms with van der Waals surface area (Å²) in [6, 6.07) is 4.83. The minimum Gasteiger partial charge on any atom is -0.388 e. The van der Waals surface area contributed by atoms with Crippen LogP contribution in [0, 0.1) is 12.7 Å². The first kappa shape index (κ1) is 11.9. The van der Waals surface area contributed by atoms with Crippen molar-refractivity contribution in [1.29, 1.82) is 0 Å². The summed E-state index contributed by atoms with van der Waals surface area (Å²) < 4.78 is 13.2. The van der Waals surface area contributed by atoms with Crippen molar-refractivity contribution in [2.24, 2.45) is 0 Å². The lowest BCUT2D eigenvalue weighted by Gasteiger charge is -2.12.